The summed E-state index contributed by atoms with van der Waals surface area (Å²) in [6.45, 7) is 9.22. The predicted molar refractivity (Wildman–Crippen MR) is 63.0 cm³/mol. The summed E-state index contributed by atoms with van der Waals surface area (Å²) in [5, 5.41) is 3.48. The number of hydrogen-bond donors (Lipinski definition) is 1. The molecule has 0 spiro atoms. The largest absolute Gasteiger partial charge is 0.334 e. The summed E-state index contributed by atoms with van der Waals surface area (Å²) < 4.78 is 2.24. The monoisotopic (exact) mass is 220 g/mol. The number of hydrogen-bond acceptors (Lipinski definition) is 3. The van der Waals surface area contributed by atoms with Crippen LogP contribution in [0.1, 0.15) is 12.6 Å². The Morgan fingerprint density at radius 1 is 1.38 bits per heavy atom. The first-order chi connectivity index (χ1) is 7.86. The molecule has 0 radical (unpaired) electrons. The van der Waals surface area contributed by atoms with E-state index in [1.165, 1.54) is 31.9 Å². The number of imidazole rings is 1. The number of fused-ring (bicyclic) bond motifs is 1. The molecule has 2 saturated heterocycles. The van der Waals surface area contributed by atoms with Crippen LogP contribution in [0.3, 0.4) is 0 Å². The second-order valence-electron chi connectivity index (χ2n) is 5.04. The van der Waals surface area contributed by atoms with Gasteiger partial charge < -0.3 is 9.88 Å². The molecular weight excluding hydrogens is 200 g/mol. The lowest BCUT2D eigenvalue weighted by molar-refractivity contribution is 0.297. The van der Waals surface area contributed by atoms with Crippen LogP contribution in [-0.2, 0) is 13.1 Å². The summed E-state index contributed by atoms with van der Waals surface area (Å²) in [5.41, 5.74) is 1.36. The molecular formula is C12H20N4. The normalized spacial score (nSPS) is 29.8. The molecule has 88 valence electrons. The van der Waals surface area contributed by atoms with E-state index < -0.39 is 0 Å². The van der Waals surface area contributed by atoms with E-state index in [0.717, 1.165) is 24.9 Å². The van der Waals surface area contributed by atoms with Crippen LogP contribution in [0, 0.1) is 11.8 Å². The van der Waals surface area contributed by atoms with Gasteiger partial charge in [0.05, 0.1) is 12.0 Å². The van der Waals surface area contributed by atoms with Crippen LogP contribution < -0.4 is 5.32 Å². The van der Waals surface area contributed by atoms with Gasteiger partial charge in [-0.2, -0.15) is 0 Å². The average molecular weight is 220 g/mol. The number of nitrogens with zero attached hydrogens (tertiary/aromatic N) is 3. The van der Waals surface area contributed by atoms with Gasteiger partial charge in [-0.25, -0.2) is 4.98 Å². The minimum absolute atomic E-state index is 0.887. The van der Waals surface area contributed by atoms with Gasteiger partial charge in [0.2, 0.25) is 0 Å². The van der Waals surface area contributed by atoms with E-state index in [1.54, 1.807) is 0 Å². The van der Waals surface area contributed by atoms with Crippen molar-refractivity contribution in [1.82, 2.24) is 19.8 Å². The molecule has 3 rings (SSSR count). The molecule has 1 N–H and O–H groups in total. The minimum atomic E-state index is 0.887. The molecule has 2 atom stereocenters. The van der Waals surface area contributed by atoms with E-state index >= 15 is 0 Å². The first-order valence-electron chi connectivity index (χ1n) is 6.29. The highest BCUT2D eigenvalue weighted by molar-refractivity contribution is 5.00. The number of rotatable bonds is 3. The highest BCUT2D eigenvalue weighted by Gasteiger charge is 2.35. The Balaban J connectivity index is 1.64. The summed E-state index contributed by atoms with van der Waals surface area (Å²) in [6, 6.07) is 0. The van der Waals surface area contributed by atoms with Crippen molar-refractivity contribution in [3.8, 4) is 0 Å². The highest BCUT2D eigenvalue weighted by atomic mass is 15.2. The summed E-state index contributed by atoms with van der Waals surface area (Å²) in [7, 11) is 0. The molecule has 0 bridgehead atoms. The van der Waals surface area contributed by atoms with Crippen LogP contribution in [0.15, 0.2) is 12.5 Å². The second kappa shape index (κ2) is 4.18. The van der Waals surface area contributed by atoms with Gasteiger partial charge in [0.25, 0.3) is 0 Å². The first kappa shape index (κ1) is 10.3. The molecule has 0 aliphatic carbocycles. The van der Waals surface area contributed by atoms with Crippen molar-refractivity contribution in [3.05, 3.63) is 18.2 Å². The summed E-state index contributed by atoms with van der Waals surface area (Å²) in [6.07, 6.45) is 3.95. The number of likely N-dealkylation sites (tertiary alicyclic amines) is 1. The Hall–Kier alpha value is -0.870. The third kappa shape index (κ3) is 1.76. The van der Waals surface area contributed by atoms with Gasteiger partial charge in [-0.1, -0.05) is 0 Å². The topological polar surface area (TPSA) is 33.1 Å². The zero-order valence-electron chi connectivity index (χ0n) is 9.89. The van der Waals surface area contributed by atoms with Crippen molar-refractivity contribution in [2.45, 2.75) is 20.0 Å². The lowest BCUT2D eigenvalue weighted by Crippen LogP contribution is -2.26. The van der Waals surface area contributed by atoms with E-state index in [-0.39, 0.29) is 0 Å². The fourth-order valence-electron chi connectivity index (χ4n) is 3.08. The molecule has 0 unspecified atom stereocenters. The van der Waals surface area contributed by atoms with Gasteiger partial charge in [0, 0.05) is 32.4 Å². The van der Waals surface area contributed by atoms with E-state index in [0.29, 0.717) is 0 Å². The molecule has 3 heterocycles. The van der Waals surface area contributed by atoms with Crippen LogP contribution in [0.25, 0.3) is 0 Å². The minimum Gasteiger partial charge on any atom is -0.334 e. The van der Waals surface area contributed by atoms with Crippen molar-refractivity contribution in [2.24, 2.45) is 11.8 Å². The summed E-state index contributed by atoms with van der Waals surface area (Å²) >= 11 is 0. The number of aryl methyl sites for hydroxylation is 1. The zero-order valence-corrected chi connectivity index (χ0v) is 9.89. The van der Waals surface area contributed by atoms with Gasteiger partial charge in [-0.15, -0.1) is 0 Å². The van der Waals surface area contributed by atoms with Crippen LogP contribution in [0.4, 0.5) is 0 Å². The Morgan fingerprint density at radius 3 is 2.81 bits per heavy atom. The quantitative estimate of drug-likeness (QED) is 0.808. The molecule has 0 amide bonds. The standard InChI is InChI=1S/C12H20N4/c1-2-16-9-14-5-12(16)8-15-6-10-3-13-4-11(10)7-15/h5,9-11,13H,2-4,6-8H2,1H3/t10-,11+. The molecule has 16 heavy (non-hydrogen) atoms. The Kier molecular flexibility index (Phi) is 2.69. The summed E-state index contributed by atoms with van der Waals surface area (Å²) in [4.78, 5) is 6.81. The molecule has 2 fully saturated rings. The fourth-order valence-corrected chi connectivity index (χ4v) is 3.08. The van der Waals surface area contributed by atoms with Crippen LogP contribution in [0.2, 0.25) is 0 Å². The Bertz CT molecular complexity index is 348. The van der Waals surface area contributed by atoms with Gasteiger partial charge in [-0.3, -0.25) is 4.90 Å². The van der Waals surface area contributed by atoms with E-state index in [4.69, 9.17) is 0 Å². The third-order valence-electron chi connectivity index (χ3n) is 3.99. The van der Waals surface area contributed by atoms with Crippen LogP contribution >= 0.6 is 0 Å². The van der Waals surface area contributed by atoms with Gasteiger partial charge in [0.1, 0.15) is 0 Å². The summed E-state index contributed by atoms with van der Waals surface area (Å²) in [5.74, 6) is 1.77. The lowest BCUT2D eigenvalue weighted by Gasteiger charge is -2.17. The maximum absolute atomic E-state index is 4.23. The maximum atomic E-state index is 4.23. The van der Waals surface area contributed by atoms with Crippen molar-refractivity contribution in [2.75, 3.05) is 26.2 Å². The molecule has 1 aromatic rings. The fraction of sp³-hybridized carbons (Fsp3) is 0.750. The maximum Gasteiger partial charge on any atom is 0.0948 e. The predicted octanol–water partition coefficient (Wildman–Crippen LogP) is 0.554. The SMILES string of the molecule is CCn1cncc1CN1C[C@H]2CNC[C@H]2C1. The van der Waals surface area contributed by atoms with Crippen LogP contribution in [0.5, 0.6) is 0 Å². The molecule has 4 nitrogen and oxygen atoms in total. The Labute approximate surface area is 96.7 Å². The van der Waals surface area contributed by atoms with Crippen LogP contribution in [-0.4, -0.2) is 40.6 Å². The number of aromatic nitrogens is 2. The van der Waals surface area contributed by atoms with Gasteiger partial charge in [0.15, 0.2) is 0 Å². The van der Waals surface area contributed by atoms with E-state index in [9.17, 15) is 0 Å². The average Bonchev–Trinajstić information content (AvgIpc) is 2.92. The number of nitrogens with one attached hydrogen (secondary N) is 1. The smallest absolute Gasteiger partial charge is 0.0948 e. The second-order valence-corrected chi connectivity index (χ2v) is 5.04. The first-order valence-corrected chi connectivity index (χ1v) is 6.29. The van der Waals surface area contributed by atoms with Crippen molar-refractivity contribution >= 4 is 0 Å². The van der Waals surface area contributed by atoms with E-state index in [2.05, 4.69) is 26.7 Å². The molecule has 0 saturated carbocycles. The molecule has 2 aliphatic heterocycles. The molecule has 1 aromatic heterocycles. The van der Waals surface area contributed by atoms with Crippen molar-refractivity contribution in [3.63, 3.8) is 0 Å². The lowest BCUT2D eigenvalue weighted by atomic mass is 10.0. The zero-order chi connectivity index (χ0) is 11.0. The molecule has 4 heteroatoms. The van der Waals surface area contributed by atoms with Gasteiger partial charge in [-0.05, 0) is 31.8 Å². The molecule has 0 aromatic carbocycles. The van der Waals surface area contributed by atoms with Crippen molar-refractivity contribution < 1.29 is 0 Å². The van der Waals surface area contributed by atoms with Crippen molar-refractivity contribution in [1.29, 1.82) is 0 Å². The highest BCUT2D eigenvalue weighted by Crippen LogP contribution is 2.27. The van der Waals surface area contributed by atoms with Gasteiger partial charge >= 0.3 is 0 Å². The third-order valence-corrected chi connectivity index (χ3v) is 3.99. The molecule has 2 aliphatic rings. The van der Waals surface area contributed by atoms with E-state index in [1.807, 2.05) is 12.5 Å². The Morgan fingerprint density at radius 2 is 2.12 bits per heavy atom.